The zero-order valence-electron chi connectivity index (χ0n) is 13.8. The second-order valence-corrected chi connectivity index (χ2v) is 5.03. The highest BCUT2D eigenvalue weighted by atomic mass is 16.5. The lowest BCUT2D eigenvalue weighted by atomic mass is 10.1. The molecule has 22 heavy (non-hydrogen) atoms. The number of nitrogens with zero attached hydrogens (tertiary/aromatic N) is 1. The van der Waals surface area contributed by atoms with E-state index in [0.29, 0.717) is 12.6 Å². The van der Waals surface area contributed by atoms with E-state index in [0.717, 1.165) is 12.1 Å². The first kappa shape index (κ1) is 18.0. The van der Waals surface area contributed by atoms with Crippen LogP contribution in [0.25, 0.3) is 0 Å². The predicted molar refractivity (Wildman–Crippen MR) is 90.3 cm³/mol. The number of carbonyl (C=O) groups is 1. The Bertz CT molecular complexity index is 503. The monoisotopic (exact) mass is 306 g/mol. The molecular weight excluding hydrogens is 280 g/mol. The van der Waals surface area contributed by atoms with Crippen LogP contribution >= 0.6 is 0 Å². The highest BCUT2D eigenvalue weighted by Crippen LogP contribution is 2.10. The second kappa shape index (κ2) is 9.78. The first-order chi connectivity index (χ1) is 10.6. The molecule has 1 unspecified atom stereocenters. The molecule has 0 saturated carbocycles. The fourth-order valence-corrected chi connectivity index (χ4v) is 1.96. The van der Waals surface area contributed by atoms with Crippen LogP contribution < -0.4 is 16.0 Å². The maximum Gasteiger partial charge on any atom is 0.243 e. The molecule has 1 rings (SSSR count). The molecule has 6 heteroatoms. The molecule has 0 heterocycles. The van der Waals surface area contributed by atoms with E-state index >= 15 is 0 Å². The number of nitrogens with one attached hydrogen (secondary N) is 3. The highest BCUT2D eigenvalue weighted by molar-refractivity contribution is 5.95. The lowest BCUT2D eigenvalue weighted by Gasteiger charge is -2.17. The van der Waals surface area contributed by atoms with Gasteiger partial charge in [-0.2, -0.15) is 0 Å². The van der Waals surface area contributed by atoms with Crippen molar-refractivity contribution in [3.8, 4) is 0 Å². The molecule has 0 spiro atoms. The molecule has 0 radical (unpaired) electrons. The SMILES string of the molecule is CCc1cccc(NC(=O)CNC(=NC)NC(C)COC)c1. The molecule has 0 saturated heterocycles. The number of guanidine groups is 1. The van der Waals surface area contributed by atoms with Gasteiger partial charge in [0.05, 0.1) is 13.2 Å². The third-order valence-electron chi connectivity index (χ3n) is 3.06. The van der Waals surface area contributed by atoms with E-state index in [-0.39, 0.29) is 18.5 Å². The van der Waals surface area contributed by atoms with Crippen LogP contribution in [0.15, 0.2) is 29.3 Å². The van der Waals surface area contributed by atoms with Crippen molar-refractivity contribution in [3.63, 3.8) is 0 Å². The third kappa shape index (κ3) is 6.58. The maximum absolute atomic E-state index is 12.0. The van der Waals surface area contributed by atoms with E-state index in [4.69, 9.17) is 4.74 Å². The van der Waals surface area contributed by atoms with Crippen LogP contribution in [0.2, 0.25) is 0 Å². The largest absolute Gasteiger partial charge is 0.383 e. The van der Waals surface area contributed by atoms with E-state index in [2.05, 4.69) is 27.9 Å². The lowest BCUT2D eigenvalue weighted by Crippen LogP contribution is -2.46. The normalized spacial score (nSPS) is 12.6. The summed E-state index contributed by atoms with van der Waals surface area (Å²) in [6, 6.07) is 7.95. The van der Waals surface area contributed by atoms with E-state index in [9.17, 15) is 4.79 Å². The van der Waals surface area contributed by atoms with Gasteiger partial charge in [0.15, 0.2) is 5.96 Å². The van der Waals surface area contributed by atoms with Crippen LogP contribution in [-0.4, -0.2) is 45.2 Å². The summed E-state index contributed by atoms with van der Waals surface area (Å²) < 4.78 is 5.05. The number of carbonyl (C=O) groups excluding carboxylic acids is 1. The smallest absolute Gasteiger partial charge is 0.243 e. The maximum atomic E-state index is 12.0. The molecular formula is C16H26N4O2. The average Bonchev–Trinajstić information content (AvgIpc) is 2.51. The van der Waals surface area contributed by atoms with Gasteiger partial charge in [-0.05, 0) is 31.0 Å². The van der Waals surface area contributed by atoms with Crippen molar-refractivity contribution in [2.45, 2.75) is 26.3 Å². The van der Waals surface area contributed by atoms with E-state index in [1.165, 1.54) is 5.56 Å². The fourth-order valence-electron chi connectivity index (χ4n) is 1.96. The summed E-state index contributed by atoms with van der Waals surface area (Å²) >= 11 is 0. The van der Waals surface area contributed by atoms with Crippen LogP contribution in [0.3, 0.4) is 0 Å². The van der Waals surface area contributed by atoms with Crippen molar-refractivity contribution < 1.29 is 9.53 Å². The second-order valence-electron chi connectivity index (χ2n) is 5.03. The number of aliphatic imine (C=N–C) groups is 1. The predicted octanol–water partition coefficient (Wildman–Crippen LogP) is 1.39. The van der Waals surface area contributed by atoms with Gasteiger partial charge in [-0.15, -0.1) is 0 Å². The van der Waals surface area contributed by atoms with Gasteiger partial charge in [-0.1, -0.05) is 19.1 Å². The van der Waals surface area contributed by atoms with Crippen LogP contribution in [0.1, 0.15) is 19.4 Å². The van der Waals surface area contributed by atoms with Crippen LogP contribution in [0.5, 0.6) is 0 Å². The first-order valence-corrected chi connectivity index (χ1v) is 7.44. The summed E-state index contributed by atoms with van der Waals surface area (Å²) in [5.74, 6) is 0.456. The van der Waals surface area contributed by atoms with Gasteiger partial charge in [0.2, 0.25) is 5.91 Å². The molecule has 0 aromatic heterocycles. The van der Waals surface area contributed by atoms with Crippen LogP contribution in [0.4, 0.5) is 5.69 Å². The summed E-state index contributed by atoms with van der Waals surface area (Å²) in [5.41, 5.74) is 2.00. The Hall–Kier alpha value is -2.08. The number of hydrogen-bond donors (Lipinski definition) is 3. The van der Waals surface area contributed by atoms with Crippen molar-refractivity contribution in [1.29, 1.82) is 0 Å². The number of methoxy groups -OCH3 is 1. The number of rotatable bonds is 7. The quantitative estimate of drug-likeness (QED) is 0.526. The number of aryl methyl sites for hydroxylation is 1. The molecule has 3 N–H and O–H groups in total. The Kier molecular flexibility index (Phi) is 7.99. The van der Waals surface area contributed by atoms with Crippen LogP contribution in [0, 0.1) is 0 Å². The van der Waals surface area contributed by atoms with Crippen LogP contribution in [-0.2, 0) is 16.0 Å². The molecule has 0 aliphatic carbocycles. The Balaban J connectivity index is 2.44. The minimum absolute atomic E-state index is 0.112. The molecule has 6 nitrogen and oxygen atoms in total. The minimum atomic E-state index is -0.115. The van der Waals surface area contributed by atoms with Gasteiger partial charge in [-0.25, -0.2) is 0 Å². The van der Waals surface area contributed by atoms with Crippen molar-refractivity contribution in [2.24, 2.45) is 4.99 Å². The molecule has 1 aromatic rings. The van der Waals surface area contributed by atoms with Crippen molar-refractivity contribution in [3.05, 3.63) is 29.8 Å². The van der Waals surface area contributed by atoms with Gasteiger partial charge in [0, 0.05) is 25.9 Å². The standard InChI is InChI=1S/C16H26N4O2/c1-5-13-7-6-8-14(9-13)20-15(21)10-18-16(17-3)19-12(2)11-22-4/h6-9,12H,5,10-11H2,1-4H3,(H,20,21)(H2,17,18,19). The molecule has 1 atom stereocenters. The van der Waals surface area contributed by atoms with Gasteiger partial charge in [-0.3, -0.25) is 9.79 Å². The molecule has 0 bridgehead atoms. The molecule has 1 aromatic carbocycles. The summed E-state index contributed by atoms with van der Waals surface area (Å²) in [7, 11) is 3.31. The zero-order valence-corrected chi connectivity index (χ0v) is 13.8. The number of ether oxygens (including phenoxy) is 1. The number of anilines is 1. The molecule has 0 fully saturated rings. The Morgan fingerprint density at radius 2 is 2.18 bits per heavy atom. The topological polar surface area (TPSA) is 74.8 Å². The zero-order chi connectivity index (χ0) is 16.4. The lowest BCUT2D eigenvalue weighted by molar-refractivity contribution is -0.115. The van der Waals surface area contributed by atoms with Gasteiger partial charge >= 0.3 is 0 Å². The molecule has 122 valence electrons. The fraction of sp³-hybridized carbons (Fsp3) is 0.500. The summed E-state index contributed by atoms with van der Waals surface area (Å²) in [5, 5.41) is 8.98. The van der Waals surface area contributed by atoms with E-state index in [1.54, 1.807) is 14.2 Å². The molecule has 0 aliphatic heterocycles. The van der Waals surface area contributed by atoms with Gasteiger partial charge < -0.3 is 20.7 Å². The van der Waals surface area contributed by atoms with E-state index < -0.39 is 0 Å². The summed E-state index contributed by atoms with van der Waals surface area (Å²) in [6.07, 6.45) is 0.940. The minimum Gasteiger partial charge on any atom is -0.383 e. The van der Waals surface area contributed by atoms with Crippen molar-refractivity contribution >= 4 is 17.6 Å². The number of hydrogen-bond acceptors (Lipinski definition) is 3. The average molecular weight is 306 g/mol. The Morgan fingerprint density at radius 1 is 1.41 bits per heavy atom. The summed E-state index contributed by atoms with van der Waals surface area (Å²) in [4.78, 5) is 16.0. The molecule has 0 aliphatic rings. The van der Waals surface area contributed by atoms with Gasteiger partial charge in [0.1, 0.15) is 0 Å². The third-order valence-corrected chi connectivity index (χ3v) is 3.06. The summed E-state index contributed by atoms with van der Waals surface area (Å²) in [6.45, 7) is 4.78. The highest BCUT2D eigenvalue weighted by Gasteiger charge is 2.07. The Labute approximate surface area is 132 Å². The first-order valence-electron chi connectivity index (χ1n) is 7.44. The number of benzene rings is 1. The van der Waals surface area contributed by atoms with Crippen molar-refractivity contribution in [2.75, 3.05) is 32.6 Å². The number of amides is 1. The van der Waals surface area contributed by atoms with Crippen molar-refractivity contribution in [1.82, 2.24) is 10.6 Å². The Morgan fingerprint density at radius 3 is 2.82 bits per heavy atom. The molecule has 1 amide bonds. The van der Waals surface area contributed by atoms with E-state index in [1.807, 2.05) is 31.2 Å². The van der Waals surface area contributed by atoms with Gasteiger partial charge in [0.25, 0.3) is 0 Å².